The molecule has 222 valence electrons. The van der Waals surface area contributed by atoms with Gasteiger partial charge in [-0.05, 0) is 38.1 Å². The molecular weight excluding hydrogens is 720 g/mol. The van der Waals surface area contributed by atoms with Crippen LogP contribution < -0.4 is 0 Å². The van der Waals surface area contributed by atoms with Crippen LogP contribution in [0.3, 0.4) is 0 Å². The molecule has 5 heteroatoms. The standard InChI is InChI=1S/C39H36N4.Pt/c1-37(2)29-17-13-15-27(23-29)28-16-14-18-30(24-28)38(3,4)36-41-34(26-43(36)32-21-11-8-12-22-32)39(5,6)33-25-42(35(37)40-33)31-19-9-7-10-20-31;/h7-22,25-26H,1-6H3;/q-2;+2. The quantitative estimate of drug-likeness (QED) is 0.166. The number of imidazole rings is 2. The second-order valence-corrected chi connectivity index (χ2v) is 13.1. The van der Waals surface area contributed by atoms with Crippen LogP contribution in [0.4, 0.5) is 0 Å². The number of para-hydroxylation sites is 2. The number of benzene rings is 4. The van der Waals surface area contributed by atoms with Crippen molar-refractivity contribution in [3.05, 3.63) is 156 Å². The molecule has 0 N–H and O–H groups in total. The molecule has 4 nitrogen and oxygen atoms in total. The first-order valence-electron chi connectivity index (χ1n) is 14.9. The molecule has 44 heavy (non-hydrogen) atoms. The first kappa shape index (κ1) is 30.0. The molecule has 0 aliphatic carbocycles. The summed E-state index contributed by atoms with van der Waals surface area (Å²) in [6, 6.07) is 41.4. The summed E-state index contributed by atoms with van der Waals surface area (Å²) < 4.78 is 4.49. The number of nitrogens with zero attached hydrogens (tertiary/aromatic N) is 4. The number of hydrogen-bond acceptors (Lipinski definition) is 2. The zero-order valence-electron chi connectivity index (χ0n) is 26.0. The Morgan fingerprint density at radius 1 is 0.477 bits per heavy atom. The molecular formula is C39H36N4Pt. The number of rotatable bonds is 2. The molecule has 2 aromatic heterocycles. The van der Waals surface area contributed by atoms with Crippen molar-refractivity contribution < 1.29 is 21.1 Å². The molecule has 0 amide bonds. The molecule has 0 saturated heterocycles. The Bertz CT molecular complexity index is 1800. The number of aromatic nitrogens is 4. The molecule has 0 unspecified atom stereocenters. The van der Waals surface area contributed by atoms with Gasteiger partial charge < -0.3 is 9.13 Å². The molecule has 0 saturated carbocycles. The fourth-order valence-electron chi connectivity index (χ4n) is 6.17. The van der Waals surface area contributed by atoms with E-state index in [1.165, 1.54) is 0 Å². The van der Waals surface area contributed by atoms with Gasteiger partial charge in [-0.1, -0.05) is 64.1 Å². The van der Waals surface area contributed by atoms with E-state index in [1.807, 2.05) is 0 Å². The van der Waals surface area contributed by atoms with E-state index in [0.29, 0.717) is 0 Å². The van der Waals surface area contributed by atoms with E-state index < -0.39 is 16.2 Å². The smallest absolute Gasteiger partial charge is 0.303 e. The number of hydrogen-bond donors (Lipinski definition) is 0. The van der Waals surface area contributed by atoms with Gasteiger partial charge in [-0.25, -0.2) is 21.1 Å². The van der Waals surface area contributed by atoms with Gasteiger partial charge in [-0.2, -0.15) is 36.4 Å². The van der Waals surface area contributed by atoms with E-state index in [4.69, 9.17) is 9.97 Å². The van der Waals surface area contributed by atoms with Crippen molar-refractivity contribution in [2.75, 3.05) is 0 Å². The molecule has 8 bridgehead atoms. The first-order valence-corrected chi connectivity index (χ1v) is 14.9. The van der Waals surface area contributed by atoms with Gasteiger partial charge in [0.05, 0.1) is 16.8 Å². The molecule has 6 aromatic rings. The van der Waals surface area contributed by atoms with Crippen molar-refractivity contribution in [3.8, 4) is 22.5 Å². The predicted octanol–water partition coefficient (Wildman–Crippen LogP) is 8.61. The van der Waals surface area contributed by atoms with E-state index >= 15 is 0 Å². The molecule has 1 aliphatic rings. The van der Waals surface area contributed by atoms with Crippen LogP contribution in [-0.2, 0) is 37.3 Å². The third kappa shape index (κ3) is 4.81. The van der Waals surface area contributed by atoms with Crippen LogP contribution in [0.2, 0.25) is 0 Å². The largest absolute Gasteiger partial charge is 2.00 e. The van der Waals surface area contributed by atoms with Crippen molar-refractivity contribution in [2.24, 2.45) is 0 Å². The Labute approximate surface area is 275 Å². The van der Waals surface area contributed by atoms with Gasteiger partial charge in [0.15, 0.2) is 0 Å². The van der Waals surface area contributed by atoms with Crippen LogP contribution in [0, 0.1) is 12.1 Å². The zero-order valence-corrected chi connectivity index (χ0v) is 28.3. The Morgan fingerprint density at radius 2 is 0.864 bits per heavy atom. The van der Waals surface area contributed by atoms with Gasteiger partial charge in [-0.15, -0.1) is 23.3 Å². The summed E-state index contributed by atoms with van der Waals surface area (Å²) in [7, 11) is 0. The summed E-state index contributed by atoms with van der Waals surface area (Å²) in [5.41, 5.74) is 6.95. The summed E-state index contributed by atoms with van der Waals surface area (Å²) in [6.07, 6.45) is 4.40. The van der Waals surface area contributed by atoms with Crippen LogP contribution in [0.15, 0.2) is 109 Å². The van der Waals surface area contributed by atoms with E-state index in [9.17, 15) is 0 Å². The van der Waals surface area contributed by atoms with Gasteiger partial charge in [0, 0.05) is 34.6 Å². The van der Waals surface area contributed by atoms with Crippen molar-refractivity contribution in [1.82, 2.24) is 19.1 Å². The van der Waals surface area contributed by atoms with Crippen LogP contribution in [0.1, 0.15) is 75.7 Å². The van der Waals surface area contributed by atoms with Crippen molar-refractivity contribution >= 4 is 0 Å². The van der Waals surface area contributed by atoms with E-state index in [0.717, 1.165) is 56.7 Å². The second kappa shape index (κ2) is 10.9. The second-order valence-electron chi connectivity index (χ2n) is 13.1. The third-order valence-electron chi connectivity index (χ3n) is 9.11. The van der Waals surface area contributed by atoms with Gasteiger partial charge in [-0.3, -0.25) is 0 Å². The topological polar surface area (TPSA) is 35.6 Å². The first-order chi connectivity index (χ1) is 20.6. The van der Waals surface area contributed by atoms with Crippen LogP contribution in [0.25, 0.3) is 22.5 Å². The Hall–Kier alpha value is -4.01. The van der Waals surface area contributed by atoms with E-state index in [2.05, 4.69) is 172 Å². The summed E-state index contributed by atoms with van der Waals surface area (Å²) in [6.45, 7) is 13.4. The van der Waals surface area contributed by atoms with Crippen LogP contribution in [-0.4, -0.2) is 19.1 Å². The summed E-state index contributed by atoms with van der Waals surface area (Å²) in [5.74, 6) is 1.93. The molecule has 4 aromatic carbocycles. The molecule has 7 rings (SSSR count). The maximum Gasteiger partial charge on any atom is 2.00 e. The van der Waals surface area contributed by atoms with E-state index in [1.54, 1.807) is 0 Å². The third-order valence-corrected chi connectivity index (χ3v) is 9.11. The maximum absolute atomic E-state index is 5.44. The van der Waals surface area contributed by atoms with Gasteiger partial charge in [0.25, 0.3) is 0 Å². The summed E-state index contributed by atoms with van der Waals surface area (Å²) >= 11 is 0. The van der Waals surface area contributed by atoms with Crippen LogP contribution >= 0.6 is 0 Å². The SMILES string of the molecule is CC1(C)c2cn(-c3ccccc3)c(n2)C(C)(C)c2[c-]c(ccc2)-c2[c-]c(ccc2)C(C)(C)c2nc1cn2-c1ccccc1.[Pt+2]. The molecule has 0 radical (unpaired) electrons. The zero-order chi connectivity index (χ0) is 30.0. The molecule has 3 heterocycles. The molecule has 0 spiro atoms. The van der Waals surface area contributed by atoms with Crippen LogP contribution in [0.5, 0.6) is 0 Å². The molecule has 0 fully saturated rings. The minimum atomic E-state index is -0.479. The predicted molar refractivity (Wildman–Crippen MR) is 173 cm³/mol. The monoisotopic (exact) mass is 755 g/mol. The van der Waals surface area contributed by atoms with Crippen molar-refractivity contribution in [3.63, 3.8) is 0 Å². The average molecular weight is 756 g/mol. The Balaban J connectivity index is 0.00000343. The van der Waals surface area contributed by atoms with E-state index in [-0.39, 0.29) is 21.1 Å². The normalized spacial score (nSPS) is 15.9. The summed E-state index contributed by atoms with van der Waals surface area (Å²) in [4.78, 5) is 10.9. The number of fused-ring (bicyclic) bond motifs is 9. The fourth-order valence-corrected chi connectivity index (χ4v) is 6.17. The average Bonchev–Trinajstić information content (AvgIpc) is 3.70. The molecule has 0 atom stereocenters. The Morgan fingerprint density at radius 3 is 1.25 bits per heavy atom. The maximum atomic E-state index is 5.44. The van der Waals surface area contributed by atoms with Gasteiger partial charge in [0.2, 0.25) is 0 Å². The van der Waals surface area contributed by atoms with Gasteiger partial charge in [0.1, 0.15) is 11.6 Å². The molecule has 1 aliphatic heterocycles. The van der Waals surface area contributed by atoms with Crippen molar-refractivity contribution in [2.45, 2.75) is 57.8 Å². The minimum Gasteiger partial charge on any atom is -0.303 e. The fraction of sp³-hybridized carbons (Fsp3) is 0.231. The Kier molecular flexibility index (Phi) is 7.41. The summed E-state index contributed by atoms with van der Waals surface area (Å²) in [5, 5.41) is 0. The van der Waals surface area contributed by atoms with Crippen molar-refractivity contribution in [1.29, 1.82) is 0 Å². The minimum absolute atomic E-state index is 0. The van der Waals surface area contributed by atoms with Gasteiger partial charge >= 0.3 is 21.1 Å².